The lowest BCUT2D eigenvalue weighted by Gasteiger charge is -2.50. The van der Waals surface area contributed by atoms with Gasteiger partial charge in [0.2, 0.25) is 5.79 Å². The molecule has 0 radical (unpaired) electrons. The Labute approximate surface area is 357 Å². The lowest BCUT2D eigenvalue weighted by molar-refractivity contribution is -0.378. The molecule has 6 nitrogen and oxygen atoms in total. The van der Waals surface area contributed by atoms with Crippen molar-refractivity contribution in [2.75, 3.05) is 6.61 Å². The van der Waals surface area contributed by atoms with E-state index in [1.165, 1.54) is 0 Å². The van der Waals surface area contributed by atoms with Gasteiger partial charge in [0.05, 0.1) is 33.0 Å². The van der Waals surface area contributed by atoms with Gasteiger partial charge in [-0.25, -0.2) is 0 Å². The number of aryl methyl sites for hydroxylation is 1. The molecule has 60 heavy (non-hydrogen) atoms. The zero-order valence-electron chi connectivity index (χ0n) is 35.1. The van der Waals surface area contributed by atoms with Gasteiger partial charge in [-0.3, -0.25) is 0 Å². The molecular formula is C53H56O6Si. The van der Waals surface area contributed by atoms with Crippen molar-refractivity contribution in [2.45, 2.75) is 89.6 Å². The Morgan fingerprint density at radius 2 is 1.08 bits per heavy atom. The maximum atomic E-state index is 13.3. The number of benzene rings is 6. The standard InChI is InChI=1S/C53H56O6Si/c1-40-25-30-48(34-47(40)33-42-28-26-41(27-29-42)31-32-60(2,3)4)53(54)52(58-38-46-23-15-8-16-24-46)51(57-37-45-21-13-7-14-22-45)50(56-36-44-19-11-6-12-20-44)49(59-53)39-55-35-43-17-9-5-10-18-43/h5-30,34,49-52,54H,33,35-39H2,1-4H3/t49-,50-,51+,52-,53?/m1/s1. The Morgan fingerprint density at radius 3 is 1.62 bits per heavy atom. The van der Waals surface area contributed by atoms with Crippen molar-refractivity contribution in [3.05, 3.63) is 214 Å². The first-order valence-electron chi connectivity index (χ1n) is 20.8. The molecule has 1 N–H and O–H groups in total. The smallest absolute Gasteiger partial charge is 0.222 e. The predicted molar refractivity (Wildman–Crippen MR) is 241 cm³/mol. The van der Waals surface area contributed by atoms with Crippen LogP contribution in [0.4, 0.5) is 0 Å². The van der Waals surface area contributed by atoms with Gasteiger partial charge in [-0.05, 0) is 70.5 Å². The molecule has 1 fully saturated rings. The van der Waals surface area contributed by atoms with E-state index < -0.39 is 38.3 Å². The van der Waals surface area contributed by atoms with Crippen molar-refractivity contribution in [3.8, 4) is 11.5 Å². The average molecular weight is 817 g/mol. The minimum Gasteiger partial charge on any atom is -0.374 e. The van der Waals surface area contributed by atoms with Crippen LogP contribution in [0, 0.1) is 18.4 Å². The molecule has 1 saturated heterocycles. The van der Waals surface area contributed by atoms with Crippen LogP contribution in [0.2, 0.25) is 19.6 Å². The molecule has 6 aromatic carbocycles. The maximum absolute atomic E-state index is 13.3. The van der Waals surface area contributed by atoms with Gasteiger partial charge in [0.25, 0.3) is 0 Å². The molecule has 0 spiro atoms. The third-order valence-electron chi connectivity index (χ3n) is 10.6. The van der Waals surface area contributed by atoms with Crippen LogP contribution in [0.5, 0.6) is 0 Å². The second kappa shape index (κ2) is 20.4. The third kappa shape index (κ3) is 11.8. The zero-order chi connectivity index (χ0) is 41.8. The van der Waals surface area contributed by atoms with E-state index in [0.717, 1.165) is 44.5 Å². The molecule has 5 atom stereocenters. The molecule has 1 heterocycles. The first-order chi connectivity index (χ1) is 29.1. The number of aliphatic hydroxyl groups is 1. The van der Waals surface area contributed by atoms with Crippen LogP contribution in [-0.2, 0) is 62.3 Å². The van der Waals surface area contributed by atoms with Crippen LogP contribution < -0.4 is 0 Å². The van der Waals surface area contributed by atoms with E-state index in [2.05, 4.69) is 68.4 Å². The minimum atomic E-state index is -1.96. The van der Waals surface area contributed by atoms with Gasteiger partial charge in [-0.2, -0.15) is 0 Å². The summed E-state index contributed by atoms with van der Waals surface area (Å²) in [6.45, 7) is 10.1. The fourth-order valence-corrected chi connectivity index (χ4v) is 7.88. The zero-order valence-corrected chi connectivity index (χ0v) is 36.1. The van der Waals surface area contributed by atoms with Gasteiger partial charge in [-0.15, -0.1) is 5.54 Å². The average Bonchev–Trinajstić information content (AvgIpc) is 3.26. The second-order valence-corrected chi connectivity index (χ2v) is 21.4. The molecule has 0 aromatic heterocycles. The summed E-state index contributed by atoms with van der Waals surface area (Å²) < 4.78 is 34.0. The van der Waals surface area contributed by atoms with E-state index in [9.17, 15) is 5.11 Å². The highest BCUT2D eigenvalue weighted by molar-refractivity contribution is 6.83. The van der Waals surface area contributed by atoms with E-state index in [1.54, 1.807) is 0 Å². The molecule has 0 bridgehead atoms. The molecule has 0 aliphatic carbocycles. The Balaban J connectivity index is 1.27. The monoisotopic (exact) mass is 816 g/mol. The minimum absolute atomic E-state index is 0.138. The van der Waals surface area contributed by atoms with E-state index >= 15 is 0 Å². The van der Waals surface area contributed by atoms with E-state index in [4.69, 9.17) is 23.7 Å². The van der Waals surface area contributed by atoms with Gasteiger partial charge in [0.1, 0.15) is 32.5 Å². The number of hydrogen-bond acceptors (Lipinski definition) is 6. The van der Waals surface area contributed by atoms with Crippen molar-refractivity contribution in [2.24, 2.45) is 0 Å². The number of hydrogen-bond donors (Lipinski definition) is 1. The van der Waals surface area contributed by atoms with Gasteiger partial charge in [0.15, 0.2) is 0 Å². The van der Waals surface area contributed by atoms with Crippen LogP contribution in [-0.4, -0.2) is 44.2 Å². The first kappa shape index (κ1) is 43.0. The Morgan fingerprint density at radius 1 is 0.583 bits per heavy atom. The van der Waals surface area contributed by atoms with Gasteiger partial charge in [-0.1, -0.05) is 171 Å². The predicted octanol–water partition coefficient (Wildman–Crippen LogP) is 10.3. The topological polar surface area (TPSA) is 66.4 Å². The van der Waals surface area contributed by atoms with Gasteiger partial charge >= 0.3 is 0 Å². The molecule has 6 aromatic rings. The summed E-state index contributed by atoms with van der Waals surface area (Å²) in [6, 6.07) is 54.6. The van der Waals surface area contributed by atoms with E-state index in [0.29, 0.717) is 25.2 Å². The molecule has 0 saturated carbocycles. The Bertz CT molecular complexity index is 2290. The Hall–Kier alpha value is -5.14. The summed E-state index contributed by atoms with van der Waals surface area (Å²) in [6.07, 6.45) is -2.55. The van der Waals surface area contributed by atoms with E-state index in [1.807, 2.05) is 133 Å². The van der Waals surface area contributed by atoms with Crippen molar-refractivity contribution in [1.29, 1.82) is 0 Å². The van der Waals surface area contributed by atoms with Crippen LogP contribution in [0.1, 0.15) is 50.1 Å². The van der Waals surface area contributed by atoms with Crippen molar-refractivity contribution >= 4 is 8.07 Å². The summed E-state index contributed by atoms with van der Waals surface area (Å²) in [5.41, 5.74) is 12.3. The highest BCUT2D eigenvalue weighted by Crippen LogP contribution is 2.42. The summed E-state index contributed by atoms with van der Waals surface area (Å²) in [5, 5.41) is 13.3. The lowest BCUT2D eigenvalue weighted by Crippen LogP contribution is -2.65. The fraction of sp³-hybridized carbons (Fsp3) is 0.283. The highest BCUT2D eigenvalue weighted by Gasteiger charge is 2.57. The second-order valence-electron chi connectivity index (χ2n) is 16.6. The van der Waals surface area contributed by atoms with Crippen LogP contribution in [0.25, 0.3) is 0 Å². The summed E-state index contributed by atoms with van der Waals surface area (Å²) in [5.74, 6) is 1.41. The normalized spacial score (nSPS) is 20.3. The molecule has 7 heteroatoms. The summed E-state index contributed by atoms with van der Waals surface area (Å²) in [4.78, 5) is 0. The first-order valence-corrected chi connectivity index (χ1v) is 24.3. The molecular weight excluding hydrogens is 761 g/mol. The molecule has 0 amide bonds. The van der Waals surface area contributed by atoms with E-state index in [-0.39, 0.29) is 19.8 Å². The van der Waals surface area contributed by atoms with Crippen molar-refractivity contribution in [3.63, 3.8) is 0 Å². The molecule has 1 aliphatic rings. The number of ether oxygens (including phenoxy) is 5. The largest absolute Gasteiger partial charge is 0.374 e. The van der Waals surface area contributed by atoms with Crippen molar-refractivity contribution in [1.82, 2.24) is 0 Å². The highest BCUT2D eigenvalue weighted by atomic mass is 28.3. The molecule has 1 aliphatic heterocycles. The molecule has 7 rings (SSSR count). The molecule has 308 valence electrons. The van der Waals surface area contributed by atoms with Crippen LogP contribution >= 0.6 is 0 Å². The summed E-state index contributed by atoms with van der Waals surface area (Å²) >= 11 is 0. The maximum Gasteiger partial charge on any atom is 0.222 e. The quantitative estimate of drug-likeness (QED) is 0.0775. The van der Waals surface area contributed by atoms with Crippen LogP contribution in [0.15, 0.2) is 164 Å². The SMILES string of the molecule is Cc1ccc(C2(O)O[C@H](COCc3ccccc3)[C@@H](OCc3ccccc3)[C@H](OCc3ccccc3)[C@H]2OCc2ccccc2)cc1Cc1ccc(C#C[Si](C)(C)C)cc1. The fourth-order valence-electron chi connectivity index (χ4n) is 7.36. The number of rotatable bonds is 16. The Kier molecular flexibility index (Phi) is 14.6. The van der Waals surface area contributed by atoms with Crippen LogP contribution in [0.3, 0.4) is 0 Å². The molecule has 1 unspecified atom stereocenters. The summed E-state index contributed by atoms with van der Waals surface area (Å²) in [7, 11) is -1.50. The lowest BCUT2D eigenvalue weighted by atomic mass is 9.85. The van der Waals surface area contributed by atoms with Gasteiger partial charge in [0, 0.05) is 11.1 Å². The third-order valence-corrected chi connectivity index (χ3v) is 11.5. The van der Waals surface area contributed by atoms with Crippen molar-refractivity contribution < 1.29 is 28.8 Å². The van der Waals surface area contributed by atoms with Gasteiger partial charge < -0.3 is 28.8 Å².